The molecule has 4 bridgehead atoms. The molecule has 13 heteroatoms. The Bertz CT molecular complexity index is 1820. The number of fused-ring (bicyclic) bond motifs is 3. The second-order valence-electron chi connectivity index (χ2n) is 15.1. The summed E-state index contributed by atoms with van der Waals surface area (Å²) in [6, 6.07) is 1.95. The lowest BCUT2D eigenvalue weighted by atomic mass is 9.51. The molecule has 9 rings (SSSR count). The highest BCUT2D eigenvalue weighted by atomic mass is 32.1. The van der Waals surface area contributed by atoms with E-state index in [1.807, 2.05) is 0 Å². The summed E-state index contributed by atoms with van der Waals surface area (Å²) < 4.78 is 0. The zero-order chi connectivity index (χ0) is 34.1. The van der Waals surface area contributed by atoms with Crippen molar-refractivity contribution in [1.29, 1.82) is 0 Å². The van der Waals surface area contributed by atoms with Crippen molar-refractivity contribution in [2.24, 2.45) is 41.2 Å². The number of phenols is 1. The number of benzene rings is 1. The summed E-state index contributed by atoms with van der Waals surface area (Å²) in [6.07, 6.45) is 4.80. The number of Topliss-reactive ketones (excluding diaryl/α,β-unsaturated/α-hetero) is 2. The van der Waals surface area contributed by atoms with Gasteiger partial charge in [-0.1, -0.05) is 13.0 Å². The molecular formula is C35H40N4O8S. The summed E-state index contributed by atoms with van der Waals surface area (Å²) in [5.74, 6) is -5.70. The second-order valence-corrected chi connectivity index (χ2v) is 16.0. The zero-order valence-electron chi connectivity index (χ0n) is 26.9. The number of nitrogens with two attached hydrogens (primary N) is 1. The van der Waals surface area contributed by atoms with Crippen LogP contribution in [0.25, 0.3) is 5.76 Å². The minimum absolute atomic E-state index is 0.0613. The average molecular weight is 677 g/mol. The van der Waals surface area contributed by atoms with E-state index in [1.54, 1.807) is 19.1 Å². The predicted molar refractivity (Wildman–Crippen MR) is 176 cm³/mol. The van der Waals surface area contributed by atoms with E-state index in [0.717, 1.165) is 17.5 Å². The van der Waals surface area contributed by atoms with Gasteiger partial charge < -0.3 is 36.6 Å². The van der Waals surface area contributed by atoms with Crippen LogP contribution in [0.5, 0.6) is 5.75 Å². The summed E-state index contributed by atoms with van der Waals surface area (Å²) in [5.41, 5.74) is 2.78. The maximum Gasteiger partial charge on any atom is 0.255 e. The number of carbonyl (C=O) groups excluding carboxylic acids is 3. The molecule has 48 heavy (non-hydrogen) atoms. The van der Waals surface area contributed by atoms with Gasteiger partial charge in [-0.05, 0) is 87.4 Å². The number of aromatic hydroxyl groups is 1. The number of ketones is 2. The maximum atomic E-state index is 14.3. The van der Waals surface area contributed by atoms with E-state index in [-0.39, 0.29) is 17.0 Å². The minimum Gasteiger partial charge on any atom is -0.508 e. The Morgan fingerprint density at radius 2 is 1.69 bits per heavy atom. The Morgan fingerprint density at radius 1 is 1.04 bits per heavy atom. The third-order valence-corrected chi connectivity index (χ3v) is 13.2. The van der Waals surface area contributed by atoms with Crippen LogP contribution in [0.4, 0.5) is 10.8 Å². The predicted octanol–water partition coefficient (Wildman–Crippen LogP) is 3.24. The van der Waals surface area contributed by atoms with Crippen LogP contribution in [-0.2, 0) is 14.4 Å². The zero-order valence-corrected chi connectivity index (χ0v) is 27.7. The fourth-order valence-corrected chi connectivity index (χ4v) is 11.5. The molecule has 0 saturated heterocycles. The molecule has 6 atom stereocenters. The van der Waals surface area contributed by atoms with Crippen LogP contribution in [-0.4, -0.2) is 84.7 Å². The molecule has 0 spiro atoms. The third-order valence-electron chi connectivity index (χ3n) is 12.5. The van der Waals surface area contributed by atoms with Gasteiger partial charge in [-0.2, -0.15) is 0 Å². The number of aliphatic hydroxyl groups is 4. The average Bonchev–Trinajstić information content (AvgIpc) is 3.47. The first kappa shape index (κ1) is 31.5. The normalized spacial score (nSPS) is 38.3. The molecule has 1 aromatic carbocycles. The van der Waals surface area contributed by atoms with Crippen molar-refractivity contribution in [2.75, 3.05) is 19.4 Å². The van der Waals surface area contributed by atoms with Crippen LogP contribution in [0.15, 0.2) is 34.4 Å². The summed E-state index contributed by atoms with van der Waals surface area (Å²) in [4.78, 5) is 46.2. The second kappa shape index (κ2) is 10.6. The van der Waals surface area contributed by atoms with Gasteiger partial charge in [0.05, 0.1) is 35.0 Å². The Labute approximate surface area is 281 Å². The smallest absolute Gasteiger partial charge is 0.255 e. The topological polar surface area (TPSA) is 207 Å². The Balaban J connectivity index is 1.17. The number of rotatable bonds is 5. The van der Waals surface area contributed by atoms with E-state index >= 15 is 0 Å². The van der Waals surface area contributed by atoms with E-state index in [4.69, 9.17) is 10.7 Å². The number of anilines is 2. The molecule has 5 fully saturated rings. The molecule has 1 amide bonds. The monoisotopic (exact) mass is 676 g/mol. The van der Waals surface area contributed by atoms with Gasteiger partial charge >= 0.3 is 0 Å². The number of nitrogens with one attached hydrogen (secondary N) is 1. The van der Waals surface area contributed by atoms with E-state index in [0.29, 0.717) is 28.4 Å². The van der Waals surface area contributed by atoms with E-state index < -0.39 is 75.6 Å². The van der Waals surface area contributed by atoms with E-state index in [9.17, 15) is 39.9 Å². The number of likely N-dealkylation sites (N-methyl/N-ethyl adjacent to an activating group) is 1. The fourth-order valence-electron chi connectivity index (χ4n) is 10.7. The summed E-state index contributed by atoms with van der Waals surface area (Å²) in [5, 5.41) is 64.0. The lowest BCUT2D eigenvalue weighted by molar-refractivity contribution is -0.169. The molecule has 5 saturated carbocycles. The highest BCUT2D eigenvalue weighted by Gasteiger charge is 2.68. The molecule has 0 aliphatic heterocycles. The SMILES string of the molecule is C[C@@H]1c2ccc(Nc3nc(C4C5CC6CC(C5)CC4C6)cs3)c(O)c2C(O)=C2C(=O)[C@]3(O)C(O)=C(C(N)=O)C(=O)[C@@H](N(C)C)[C@H]3[C@H](O)[C@H]21. The van der Waals surface area contributed by atoms with Gasteiger partial charge in [0.1, 0.15) is 22.8 Å². The molecule has 0 unspecified atom stereocenters. The Kier molecular flexibility index (Phi) is 6.96. The van der Waals surface area contributed by atoms with Crippen molar-refractivity contribution in [3.63, 3.8) is 0 Å². The number of aromatic nitrogens is 1. The first-order valence-corrected chi connectivity index (χ1v) is 17.5. The molecular weight excluding hydrogens is 636 g/mol. The van der Waals surface area contributed by atoms with Crippen LogP contribution in [0, 0.1) is 35.5 Å². The highest BCUT2D eigenvalue weighted by Crippen LogP contribution is 2.60. The summed E-state index contributed by atoms with van der Waals surface area (Å²) >= 11 is 1.44. The van der Waals surface area contributed by atoms with Crippen molar-refractivity contribution in [2.45, 2.75) is 68.6 Å². The van der Waals surface area contributed by atoms with Crippen molar-refractivity contribution >= 4 is 45.4 Å². The molecule has 7 aliphatic carbocycles. The van der Waals surface area contributed by atoms with Gasteiger partial charge in [0.2, 0.25) is 5.78 Å². The van der Waals surface area contributed by atoms with E-state index in [1.165, 1.54) is 62.4 Å². The number of thiazole rings is 1. The van der Waals surface area contributed by atoms with Gasteiger partial charge in [-0.15, -0.1) is 11.3 Å². The third kappa shape index (κ3) is 4.10. The van der Waals surface area contributed by atoms with Gasteiger partial charge in [-0.25, -0.2) is 4.98 Å². The van der Waals surface area contributed by atoms with E-state index in [2.05, 4.69) is 10.7 Å². The lowest BCUT2D eigenvalue weighted by Gasteiger charge is -2.54. The van der Waals surface area contributed by atoms with Crippen molar-refractivity contribution in [3.8, 4) is 5.75 Å². The number of carbonyl (C=O) groups is 3. The lowest BCUT2D eigenvalue weighted by Crippen LogP contribution is -2.70. The number of primary amides is 1. The van der Waals surface area contributed by atoms with Gasteiger partial charge in [-0.3, -0.25) is 19.3 Å². The summed E-state index contributed by atoms with van der Waals surface area (Å²) in [6.45, 7) is 1.71. The summed E-state index contributed by atoms with van der Waals surface area (Å²) in [7, 11) is 2.95. The van der Waals surface area contributed by atoms with Gasteiger partial charge in [0, 0.05) is 22.8 Å². The van der Waals surface area contributed by atoms with Crippen LogP contribution >= 0.6 is 11.3 Å². The first-order valence-electron chi connectivity index (χ1n) is 16.6. The molecule has 12 nitrogen and oxygen atoms in total. The molecule has 7 aliphatic rings. The fraction of sp³-hybridized carbons (Fsp3) is 0.543. The molecule has 1 aromatic heterocycles. The number of hydrogen-bond donors (Lipinski definition) is 7. The highest BCUT2D eigenvalue weighted by molar-refractivity contribution is 7.13. The number of hydrogen-bond acceptors (Lipinski definition) is 12. The van der Waals surface area contributed by atoms with Gasteiger partial charge in [0.15, 0.2) is 16.5 Å². The maximum absolute atomic E-state index is 14.3. The van der Waals surface area contributed by atoms with Crippen molar-refractivity contribution < 1.29 is 39.9 Å². The number of aliphatic hydroxyl groups excluding tert-OH is 3. The van der Waals surface area contributed by atoms with Crippen LogP contribution < -0.4 is 11.1 Å². The molecule has 0 radical (unpaired) electrons. The van der Waals surface area contributed by atoms with Crippen LogP contribution in [0.2, 0.25) is 0 Å². The number of phenolic OH excluding ortho intramolecular Hbond substituents is 1. The number of nitrogens with zero attached hydrogens (tertiary/aromatic N) is 2. The Morgan fingerprint density at radius 3 is 2.29 bits per heavy atom. The molecule has 254 valence electrons. The molecule has 1 heterocycles. The number of amides is 1. The standard InChI is InChI=1S/C35H40N4O8S/c1-12-17-4-5-18(37-34-38-19(11-48-34)21-15-7-13-6-14(9-15)10-16(21)8-13)27(40)22(17)28(41)23-20(12)29(42)25-26(39(2)3)30(43)24(33(36)46)32(45)35(25,47)31(23)44/h4-5,11-16,20-21,25-26,29,40-42,45,47H,6-10H2,1-3H3,(H2,36,46)(H,37,38)/t12-,13?,14?,15?,16?,20+,21?,25+,26+,29-,35+/m1/s1. The van der Waals surface area contributed by atoms with Gasteiger partial charge in [0.25, 0.3) is 5.91 Å². The molecule has 2 aromatic rings. The quantitative estimate of drug-likeness (QED) is 0.181. The first-order chi connectivity index (χ1) is 22.7. The van der Waals surface area contributed by atoms with Crippen LogP contribution in [0.1, 0.15) is 67.7 Å². The van der Waals surface area contributed by atoms with Crippen molar-refractivity contribution in [3.05, 3.63) is 51.2 Å². The Hall–Kier alpha value is -3.78. The van der Waals surface area contributed by atoms with Crippen LogP contribution in [0.3, 0.4) is 0 Å². The van der Waals surface area contributed by atoms with Crippen molar-refractivity contribution in [1.82, 2.24) is 9.88 Å². The minimum atomic E-state index is -2.95. The largest absolute Gasteiger partial charge is 0.508 e. The molecule has 8 N–H and O–H groups in total.